The quantitative estimate of drug-likeness (QED) is 0.724. The molecule has 1 aliphatic carbocycles. The summed E-state index contributed by atoms with van der Waals surface area (Å²) >= 11 is 0. The number of rotatable bonds is 3. The zero-order valence-corrected chi connectivity index (χ0v) is 8.84. The molecule has 0 aromatic heterocycles. The van der Waals surface area contributed by atoms with Gasteiger partial charge in [0.15, 0.2) is 0 Å². The number of nitrogens with one attached hydrogen (secondary N) is 1. The van der Waals surface area contributed by atoms with Crippen LogP contribution < -0.4 is 0 Å². The van der Waals surface area contributed by atoms with Gasteiger partial charge in [0.05, 0.1) is 0 Å². The van der Waals surface area contributed by atoms with Gasteiger partial charge >= 0.3 is 5.97 Å². The molecule has 1 atom stereocenters. The van der Waals surface area contributed by atoms with Gasteiger partial charge in [0.25, 0.3) is 0 Å². The SMILES string of the molecule is CCS(=N)(=O)N1CC2CC1(C(=O)O)C2. The average Bonchev–Trinajstić information content (AvgIpc) is 2.57. The van der Waals surface area contributed by atoms with Gasteiger partial charge in [-0.2, -0.15) is 0 Å². The number of aliphatic carboxylic acids is 1. The van der Waals surface area contributed by atoms with Crippen molar-refractivity contribution in [1.29, 1.82) is 4.78 Å². The minimum atomic E-state index is -2.86. The summed E-state index contributed by atoms with van der Waals surface area (Å²) in [5.41, 5.74) is -0.973. The standard InChI is InChI=1S/C8H14N2O3S/c1-2-14(9,13)10-5-6-3-8(10,4-6)7(11)12/h6,9H,2-5H2,1H3,(H,11,12). The molecule has 2 bridgehead atoms. The fraction of sp³-hybridized carbons (Fsp3) is 0.875. The van der Waals surface area contributed by atoms with Crippen LogP contribution >= 0.6 is 0 Å². The van der Waals surface area contributed by atoms with Crippen LogP contribution in [0.2, 0.25) is 0 Å². The van der Waals surface area contributed by atoms with Crippen LogP contribution in [-0.4, -0.2) is 37.4 Å². The summed E-state index contributed by atoms with van der Waals surface area (Å²) in [7, 11) is -2.86. The highest BCUT2D eigenvalue weighted by Gasteiger charge is 2.63. The lowest BCUT2D eigenvalue weighted by atomic mass is 9.74. The smallest absolute Gasteiger partial charge is 0.325 e. The second kappa shape index (κ2) is 2.70. The molecular weight excluding hydrogens is 204 g/mol. The molecule has 0 aromatic rings. The lowest BCUT2D eigenvalue weighted by Gasteiger charge is -2.38. The molecule has 2 aliphatic heterocycles. The van der Waals surface area contributed by atoms with Crippen molar-refractivity contribution in [2.45, 2.75) is 25.3 Å². The van der Waals surface area contributed by atoms with Crippen LogP contribution in [0, 0.1) is 10.7 Å². The first kappa shape index (κ1) is 9.92. The Balaban J connectivity index is 2.35. The monoisotopic (exact) mass is 218 g/mol. The third kappa shape index (κ3) is 1.04. The van der Waals surface area contributed by atoms with E-state index < -0.39 is 21.4 Å². The van der Waals surface area contributed by atoms with E-state index in [0.29, 0.717) is 25.3 Å². The van der Waals surface area contributed by atoms with E-state index in [0.717, 1.165) is 0 Å². The Kier molecular flexibility index (Phi) is 1.91. The highest BCUT2D eigenvalue weighted by atomic mass is 32.2. The summed E-state index contributed by atoms with van der Waals surface area (Å²) in [6.45, 7) is 2.18. The predicted octanol–water partition coefficient (Wildman–Crippen LogP) is 0.517. The Labute approximate surface area is 83.2 Å². The first-order valence-corrected chi connectivity index (χ1v) is 6.38. The number of fused-ring (bicyclic) bond motifs is 1. The maximum Gasteiger partial charge on any atom is 0.325 e. The molecule has 0 amide bonds. The molecule has 5 nitrogen and oxygen atoms in total. The van der Waals surface area contributed by atoms with E-state index in [-0.39, 0.29) is 5.75 Å². The van der Waals surface area contributed by atoms with Gasteiger partial charge in [0, 0.05) is 12.3 Å². The number of hydrogen-bond acceptors (Lipinski definition) is 3. The molecule has 2 N–H and O–H groups in total. The average molecular weight is 218 g/mol. The Hall–Kier alpha value is -0.620. The number of nitrogens with zero attached hydrogens (tertiary/aromatic N) is 1. The van der Waals surface area contributed by atoms with Gasteiger partial charge in [0.1, 0.15) is 15.5 Å². The van der Waals surface area contributed by atoms with Crippen LogP contribution in [-0.2, 0) is 14.7 Å². The molecular formula is C8H14N2O3S. The summed E-state index contributed by atoms with van der Waals surface area (Å²) in [6.07, 6.45) is 1.14. The van der Waals surface area contributed by atoms with Gasteiger partial charge in [-0.15, -0.1) is 0 Å². The Morgan fingerprint density at radius 1 is 1.71 bits per heavy atom. The molecule has 2 heterocycles. The van der Waals surface area contributed by atoms with Gasteiger partial charge in [0.2, 0.25) is 0 Å². The minimum Gasteiger partial charge on any atom is -0.480 e. The molecule has 6 heteroatoms. The minimum absolute atomic E-state index is 0.203. The number of carboxylic acids is 1. The fourth-order valence-corrected chi connectivity index (χ4v) is 4.03. The molecule has 80 valence electrons. The van der Waals surface area contributed by atoms with Gasteiger partial charge in [-0.3, -0.25) is 4.79 Å². The number of carboxylic acid groups (broad SMARTS) is 1. The van der Waals surface area contributed by atoms with Crippen molar-refractivity contribution >= 4 is 15.9 Å². The molecule has 2 saturated heterocycles. The van der Waals surface area contributed by atoms with Crippen molar-refractivity contribution in [3.05, 3.63) is 0 Å². The second-order valence-corrected chi connectivity index (χ2v) is 6.40. The highest BCUT2D eigenvalue weighted by Crippen LogP contribution is 2.52. The molecule has 1 saturated carbocycles. The summed E-state index contributed by atoms with van der Waals surface area (Å²) in [5, 5.41) is 9.09. The normalized spacial score (nSPS) is 40.2. The molecule has 3 fully saturated rings. The summed E-state index contributed by atoms with van der Waals surface area (Å²) in [6, 6.07) is 0. The zero-order chi connectivity index (χ0) is 10.6. The number of hydrogen-bond donors (Lipinski definition) is 2. The van der Waals surface area contributed by atoms with Crippen molar-refractivity contribution in [2.24, 2.45) is 5.92 Å². The Bertz CT molecular complexity index is 370. The predicted molar refractivity (Wildman–Crippen MR) is 51.2 cm³/mol. The van der Waals surface area contributed by atoms with E-state index in [1.54, 1.807) is 6.92 Å². The summed E-state index contributed by atoms with van der Waals surface area (Å²) in [4.78, 5) is 11.1. The number of carbonyl (C=O) groups is 1. The topological polar surface area (TPSA) is 81.5 Å². The van der Waals surface area contributed by atoms with Crippen molar-refractivity contribution in [3.8, 4) is 0 Å². The van der Waals surface area contributed by atoms with E-state index in [1.807, 2.05) is 0 Å². The maximum absolute atomic E-state index is 11.8. The first-order valence-electron chi connectivity index (χ1n) is 4.70. The molecule has 3 aliphatic rings. The van der Waals surface area contributed by atoms with Crippen LogP contribution in [0.4, 0.5) is 0 Å². The molecule has 0 aromatic carbocycles. The molecule has 0 spiro atoms. The van der Waals surface area contributed by atoms with Gasteiger partial charge < -0.3 is 5.11 Å². The molecule has 0 radical (unpaired) electrons. The van der Waals surface area contributed by atoms with Crippen LogP contribution in [0.3, 0.4) is 0 Å². The fourth-order valence-electron chi connectivity index (χ4n) is 2.48. The van der Waals surface area contributed by atoms with Crippen LogP contribution in [0.5, 0.6) is 0 Å². The van der Waals surface area contributed by atoms with E-state index in [1.165, 1.54) is 4.31 Å². The van der Waals surface area contributed by atoms with Crippen LogP contribution in [0.25, 0.3) is 0 Å². The summed E-state index contributed by atoms with van der Waals surface area (Å²) < 4.78 is 20.9. The van der Waals surface area contributed by atoms with E-state index in [9.17, 15) is 9.00 Å². The van der Waals surface area contributed by atoms with Crippen molar-refractivity contribution in [1.82, 2.24) is 4.31 Å². The third-order valence-electron chi connectivity index (χ3n) is 3.30. The first-order chi connectivity index (χ1) is 6.42. The Morgan fingerprint density at radius 3 is 2.71 bits per heavy atom. The van der Waals surface area contributed by atoms with Crippen LogP contribution in [0.1, 0.15) is 19.8 Å². The van der Waals surface area contributed by atoms with Crippen LogP contribution in [0.15, 0.2) is 0 Å². The van der Waals surface area contributed by atoms with Crippen molar-refractivity contribution in [2.75, 3.05) is 12.3 Å². The van der Waals surface area contributed by atoms with E-state index in [2.05, 4.69) is 0 Å². The maximum atomic E-state index is 11.8. The third-order valence-corrected chi connectivity index (χ3v) is 5.29. The van der Waals surface area contributed by atoms with E-state index >= 15 is 0 Å². The zero-order valence-electron chi connectivity index (χ0n) is 8.02. The van der Waals surface area contributed by atoms with Gasteiger partial charge in [-0.25, -0.2) is 13.3 Å². The van der Waals surface area contributed by atoms with Crippen molar-refractivity contribution in [3.63, 3.8) is 0 Å². The molecule has 1 unspecified atom stereocenters. The lowest BCUT2D eigenvalue weighted by molar-refractivity contribution is -0.149. The van der Waals surface area contributed by atoms with E-state index in [4.69, 9.17) is 9.89 Å². The largest absolute Gasteiger partial charge is 0.480 e. The van der Waals surface area contributed by atoms with Gasteiger partial charge in [-0.1, -0.05) is 6.92 Å². The van der Waals surface area contributed by atoms with Crippen molar-refractivity contribution < 1.29 is 14.1 Å². The van der Waals surface area contributed by atoms with Gasteiger partial charge in [-0.05, 0) is 18.8 Å². The molecule has 14 heavy (non-hydrogen) atoms. The lowest BCUT2D eigenvalue weighted by Crippen LogP contribution is -2.54. The summed E-state index contributed by atoms with van der Waals surface area (Å²) in [5.74, 6) is -0.377. The second-order valence-electron chi connectivity index (χ2n) is 4.10. The Morgan fingerprint density at radius 2 is 2.29 bits per heavy atom. The molecule has 3 rings (SSSR count). The highest BCUT2D eigenvalue weighted by molar-refractivity contribution is 7.90.